The summed E-state index contributed by atoms with van der Waals surface area (Å²) in [5, 5.41) is 13.5. The van der Waals surface area contributed by atoms with Gasteiger partial charge in [0.1, 0.15) is 5.56 Å². The Morgan fingerprint density at radius 1 is 1.50 bits per heavy atom. The predicted molar refractivity (Wildman–Crippen MR) is 72.1 cm³/mol. The van der Waals surface area contributed by atoms with E-state index in [1.54, 1.807) is 12.5 Å². The van der Waals surface area contributed by atoms with Gasteiger partial charge in [-0.3, -0.25) is 14.9 Å². The Bertz CT molecular complexity index is 624. The van der Waals surface area contributed by atoms with Crippen LogP contribution in [0.3, 0.4) is 0 Å². The average Bonchev–Trinajstić information content (AvgIpc) is 2.91. The Kier molecular flexibility index (Phi) is 3.94. The summed E-state index contributed by atoms with van der Waals surface area (Å²) in [5.41, 5.74) is 6.42. The molecule has 8 nitrogen and oxygen atoms in total. The first-order valence-corrected chi connectivity index (χ1v) is 5.87. The molecule has 1 amide bonds. The van der Waals surface area contributed by atoms with Gasteiger partial charge in [0.05, 0.1) is 11.3 Å². The highest BCUT2D eigenvalue weighted by Crippen LogP contribution is 2.20. The molecule has 1 aromatic carbocycles. The van der Waals surface area contributed by atoms with Gasteiger partial charge in [-0.05, 0) is 12.1 Å². The lowest BCUT2D eigenvalue weighted by atomic mass is 10.1. The molecule has 0 spiro atoms. The van der Waals surface area contributed by atoms with Gasteiger partial charge >= 0.3 is 0 Å². The van der Waals surface area contributed by atoms with E-state index in [9.17, 15) is 14.9 Å². The molecule has 8 heteroatoms. The van der Waals surface area contributed by atoms with Gasteiger partial charge in [0.2, 0.25) is 0 Å². The molecule has 0 radical (unpaired) electrons. The summed E-state index contributed by atoms with van der Waals surface area (Å²) >= 11 is 0. The highest BCUT2D eigenvalue weighted by Gasteiger charge is 2.19. The number of amides is 1. The number of carbonyl (C=O) groups is 1. The highest BCUT2D eigenvalue weighted by molar-refractivity contribution is 5.99. The number of nitrogens with zero attached hydrogens (tertiary/aromatic N) is 2. The van der Waals surface area contributed by atoms with Gasteiger partial charge in [-0.25, -0.2) is 4.98 Å². The van der Waals surface area contributed by atoms with E-state index in [4.69, 9.17) is 5.73 Å². The molecule has 4 N–H and O–H groups in total. The molecule has 0 bridgehead atoms. The van der Waals surface area contributed by atoms with E-state index in [0.717, 1.165) is 5.69 Å². The maximum absolute atomic E-state index is 12.0. The summed E-state index contributed by atoms with van der Waals surface area (Å²) in [5.74, 6) is -0.525. The molecule has 1 heterocycles. The third-order valence-electron chi connectivity index (χ3n) is 2.70. The molecule has 0 fully saturated rings. The van der Waals surface area contributed by atoms with Gasteiger partial charge in [0.15, 0.2) is 0 Å². The zero-order valence-corrected chi connectivity index (χ0v) is 10.5. The van der Waals surface area contributed by atoms with Crippen LogP contribution in [-0.2, 0) is 6.42 Å². The van der Waals surface area contributed by atoms with Crippen molar-refractivity contribution in [3.63, 3.8) is 0 Å². The second-order valence-corrected chi connectivity index (χ2v) is 4.12. The molecule has 0 unspecified atom stereocenters. The minimum Gasteiger partial charge on any atom is -0.399 e. The summed E-state index contributed by atoms with van der Waals surface area (Å²) in [7, 11) is 0. The van der Waals surface area contributed by atoms with Crippen molar-refractivity contribution < 1.29 is 9.72 Å². The van der Waals surface area contributed by atoms with Crippen LogP contribution < -0.4 is 11.1 Å². The first kappa shape index (κ1) is 13.5. The summed E-state index contributed by atoms with van der Waals surface area (Å²) in [6, 6.07) is 3.91. The van der Waals surface area contributed by atoms with Gasteiger partial charge in [-0.15, -0.1) is 0 Å². The van der Waals surface area contributed by atoms with Crippen LogP contribution in [-0.4, -0.2) is 27.3 Å². The summed E-state index contributed by atoms with van der Waals surface area (Å²) in [6.45, 7) is 0.340. The molecule has 1 aromatic heterocycles. The molecular formula is C12H13N5O3. The lowest BCUT2D eigenvalue weighted by Crippen LogP contribution is -2.26. The van der Waals surface area contributed by atoms with Crippen LogP contribution in [0, 0.1) is 10.1 Å². The SMILES string of the molecule is Nc1ccc([N+](=O)[O-])c(C(=O)NCCc2cnc[nH]2)c1. The number of rotatable bonds is 5. The van der Waals surface area contributed by atoms with Crippen molar-refractivity contribution in [2.45, 2.75) is 6.42 Å². The van der Waals surface area contributed by atoms with Crippen LogP contribution in [0.15, 0.2) is 30.7 Å². The van der Waals surface area contributed by atoms with Crippen LogP contribution >= 0.6 is 0 Å². The predicted octanol–water partition coefficient (Wildman–Crippen LogP) is 0.873. The first-order valence-electron chi connectivity index (χ1n) is 5.87. The van der Waals surface area contributed by atoms with E-state index >= 15 is 0 Å². The van der Waals surface area contributed by atoms with Crippen molar-refractivity contribution in [3.05, 3.63) is 52.1 Å². The second kappa shape index (κ2) is 5.83. The maximum atomic E-state index is 12.0. The van der Waals surface area contributed by atoms with Crippen LogP contribution in [0.2, 0.25) is 0 Å². The van der Waals surface area contributed by atoms with E-state index in [2.05, 4.69) is 15.3 Å². The van der Waals surface area contributed by atoms with Crippen LogP contribution in [0.5, 0.6) is 0 Å². The zero-order valence-electron chi connectivity index (χ0n) is 10.5. The number of hydrogen-bond acceptors (Lipinski definition) is 5. The number of nitrogen functional groups attached to an aromatic ring is 1. The van der Waals surface area contributed by atoms with Crippen molar-refractivity contribution in [2.24, 2.45) is 0 Å². The van der Waals surface area contributed by atoms with Crippen molar-refractivity contribution >= 4 is 17.3 Å². The monoisotopic (exact) mass is 275 g/mol. The molecule has 0 saturated carbocycles. The molecule has 0 atom stereocenters. The number of benzene rings is 1. The number of nitrogens with two attached hydrogens (primary N) is 1. The molecule has 2 rings (SSSR count). The lowest BCUT2D eigenvalue weighted by molar-refractivity contribution is -0.385. The number of nitro groups is 1. The van der Waals surface area contributed by atoms with E-state index in [1.807, 2.05) is 0 Å². The molecule has 0 aliphatic heterocycles. The van der Waals surface area contributed by atoms with Gasteiger partial charge < -0.3 is 16.0 Å². The highest BCUT2D eigenvalue weighted by atomic mass is 16.6. The van der Waals surface area contributed by atoms with Gasteiger partial charge in [-0.1, -0.05) is 0 Å². The van der Waals surface area contributed by atoms with Crippen molar-refractivity contribution in [2.75, 3.05) is 12.3 Å². The largest absolute Gasteiger partial charge is 0.399 e. The number of hydrogen-bond donors (Lipinski definition) is 3. The third kappa shape index (κ3) is 3.10. The van der Waals surface area contributed by atoms with Gasteiger partial charge in [-0.2, -0.15) is 0 Å². The topological polar surface area (TPSA) is 127 Å². The zero-order chi connectivity index (χ0) is 14.5. The second-order valence-electron chi connectivity index (χ2n) is 4.12. The average molecular weight is 275 g/mol. The maximum Gasteiger partial charge on any atom is 0.282 e. The molecule has 0 saturated heterocycles. The fourth-order valence-electron chi connectivity index (χ4n) is 1.72. The minimum atomic E-state index is -0.608. The molecule has 0 aliphatic rings. The summed E-state index contributed by atoms with van der Waals surface area (Å²) in [6.07, 6.45) is 3.75. The number of carbonyl (C=O) groups excluding carboxylic acids is 1. The van der Waals surface area contributed by atoms with Crippen molar-refractivity contribution in [3.8, 4) is 0 Å². The van der Waals surface area contributed by atoms with E-state index < -0.39 is 10.8 Å². The number of imidazole rings is 1. The molecule has 20 heavy (non-hydrogen) atoms. The summed E-state index contributed by atoms with van der Waals surface area (Å²) < 4.78 is 0. The van der Waals surface area contributed by atoms with E-state index in [0.29, 0.717) is 18.7 Å². The van der Waals surface area contributed by atoms with Gasteiger partial charge in [0, 0.05) is 36.6 Å². The Labute approximate surface area is 114 Å². The fraction of sp³-hybridized carbons (Fsp3) is 0.167. The Morgan fingerprint density at radius 3 is 2.95 bits per heavy atom. The number of anilines is 1. The van der Waals surface area contributed by atoms with E-state index in [1.165, 1.54) is 18.2 Å². The van der Waals surface area contributed by atoms with Gasteiger partial charge in [0.25, 0.3) is 11.6 Å². The molecule has 2 aromatic rings. The normalized spacial score (nSPS) is 10.2. The molecule has 0 aliphatic carbocycles. The van der Waals surface area contributed by atoms with Crippen LogP contribution in [0.1, 0.15) is 16.1 Å². The van der Waals surface area contributed by atoms with Crippen LogP contribution in [0.4, 0.5) is 11.4 Å². The lowest BCUT2D eigenvalue weighted by Gasteiger charge is -2.06. The third-order valence-corrected chi connectivity index (χ3v) is 2.70. The Balaban J connectivity index is 2.05. The standard InChI is InChI=1S/C12H13N5O3/c13-8-1-2-11(17(19)20)10(5-8)12(18)15-4-3-9-6-14-7-16-9/h1-2,5-7H,3-4,13H2,(H,14,16)(H,15,18). The molecule has 104 valence electrons. The van der Waals surface area contributed by atoms with Crippen molar-refractivity contribution in [1.82, 2.24) is 15.3 Å². The fourth-order valence-corrected chi connectivity index (χ4v) is 1.72. The summed E-state index contributed by atoms with van der Waals surface area (Å²) in [4.78, 5) is 29.0. The minimum absolute atomic E-state index is 0.0420. The van der Waals surface area contributed by atoms with Crippen LogP contribution in [0.25, 0.3) is 0 Å². The number of aromatic nitrogens is 2. The molecular weight excluding hydrogens is 262 g/mol. The Hall–Kier alpha value is -2.90. The Morgan fingerprint density at radius 2 is 2.30 bits per heavy atom. The van der Waals surface area contributed by atoms with Crippen molar-refractivity contribution in [1.29, 1.82) is 0 Å². The number of nitrogens with one attached hydrogen (secondary N) is 2. The first-order chi connectivity index (χ1) is 9.58. The van der Waals surface area contributed by atoms with E-state index in [-0.39, 0.29) is 11.3 Å². The quantitative estimate of drug-likeness (QED) is 0.424. The number of H-pyrrole nitrogens is 1. The smallest absolute Gasteiger partial charge is 0.282 e. The number of aromatic amines is 1. The number of nitro benzene ring substituents is 1.